The van der Waals surface area contributed by atoms with Gasteiger partial charge in [-0.15, -0.1) is 11.8 Å². The van der Waals surface area contributed by atoms with Crippen LogP contribution in [0.25, 0.3) is 0 Å². The molecule has 0 fully saturated rings. The van der Waals surface area contributed by atoms with E-state index in [2.05, 4.69) is 9.98 Å². The summed E-state index contributed by atoms with van der Waals surface area (Å²) in [5.74, 6) is -0.755. The molecular weight excluding hydrogens is 559 g/mol. The normalized spacial score (nSPS) is 12.8. The topological polar surface area (TPSA) is 74.9 Å². The number of amidine groups is 2. The standard InChI is InChI=1S/C20H15Cl6N3O2S/c21-19(22,23)12-28-17(29-18(27)20(24,25)26)14-6-8-15(9-7-14)32-11-16(30)31-10-13-4-2-1-3-5-13/h1-9,12,27H,10-11H2. The Labute approximate surface area is 219 Å². The molecule has 1 N–H and O–H groups in total. The number of nitrogens with zero attached hydrogens (tertiary/aromatic N) is 2. The summed E-state index contributed by atoms with van der Waals surface area (Å²) in [6.07, 6.45) is 1.02. The number of nitrogens with one attached hydrogen (secondary N) is 1. The number of carbonyl (C=O) groups excluding carboxylic acids is 1. The van der Waals surface area contributed by atoms with Crippen LogP contribution in [-0.4, -0.2) is 37.2 Å². The minimum absolute atomic E-state index is 0.00599. The van der Waals surface area contributed by atoms with Crippen molar-refractivity contribution < 1.29 is 9.53 Å². The van der Waals surface area contributed by atoms with Gasteiger partial charge in [0.05, 0.1) is 12.0 Å². The highest BCUT2D eigenvalue weighted by Gasteiger charge is 2.27. The molecule has 0 aliphatic rings. The van der Waals surface area contributed by atoms with Crippen molar-refractivity contribution in [2.75, 3.05) is 5.75 Å². The maximum Gasteiger partial charge on any atom is 0.316 e. The van der Waals surface area contributed by atoms with Gasteiger partial charge in [0.1, 0.15) is 6.61 Å². The van der Waals surface area contributed by atoms with E-state index in [1.54, 1.807) is 24.3 Å². The predicted molar refractivity (Wildman–Crippen MR) is 137 cm³/mol. The van der Waals surface area contributed by atoms with E-state index in [1.165, 1.54) is 11.8 Å². The molecule has 0 saturated carbocycles. The molecule has 12 heteroatoms. The van der Waals surface area contributed by atoms with Crippen LogP contribution in [0.3, 0.4) is 0 Å². The summed E-state index contributed by atoms with van der Waals surface area (Å²) >= 11 is 35.5. The lowest BCUT2D eigenvalue weighted by molar-refractivity contribution is -0.141. The summed E-state index contributed by atoms with van der Waals surface area (Å²) in [5.41, 5.74) is 1.39. The monoisotopic (exact) mass is 571 g/mol. The number of rotatable bonds is 6. The third kappa shape index (κ3) is 10.3. The molecule has 0 amide bonds. The van der Waals surface area contributed by atoms with Gasteiger partial charge in [0.2, 0.25) is 7.59 Å². The molecule has 170 valence electrons. The van der Waals surface area contributed by atoms with Crippen molar-refractivity contribution in [1.82, 2.24) is 0 Å². The number of alkyl halides is 6. The number of carbonyl (C=O) groups is 1. The molecule has 0 spiro atoms. The SMILES string of the molecule is N=C(N=C(N=CC(Cl)(Cl)Cl)c1ccc(SCC(=O)OCc2ccccc2)cc1)C(Cl)(Cl)Cl. The van der Waals surface area contributed by atoms with Crippen LogP contribution in [0.5, 0.6) is 0 Å². The molecule has 0 heterocycles. The number of aliphatic imine (C=N–C) groups is 2. The number of ether oxygens (including phenoxy) is 1. The van der Waals surface area contributed by atoms with E-state index in [4.69, 9.17) is 79.8 Å². The number of benzene rings is 2. The first-order valence-electron chi connectivity index (χ1n) is 8.73. The van der Waals surface area contributed by atoms with E-state index in [1.807, 2.05) is 30.3 Å². The molecule has 0 bridgehead atoms. The van der Waals surface area contributed by atoms with Gasteiger partial charge >= 0.3 is 5.97 Å². The van der Waals surface area contributed by atoms with Crippen molar-refractivity contribution in [2.24, 2.45) is 9.98 Å². The Hall–Kier alpha value is -0.990. The maximum atomic E-state index is 12.0. The van der Waals surface area contributed by atoms with Crippen LogP contribution in [0.1, 0.15) is 11.1 Å². The smallest absolute Gasteiger partial charge is 0.316 e. The molecule has 0 aromatic heterocycles. The van der Waals surface area contributed by atoms with Gasteiger partial charge in [0.25, 0.3) is 0 Å². The fraction of sp³-hybridized carbons (Fsp3) is 0.200. The van der Waals surface area contributed by atoms with E-state index in [-0.39, 0.29) is 24.2 Å². The zero-order valence-corrected chi connectivity index (χ0v) is 21.4. The summed E-state index contributed by atoms with van der Waals surface area (Å²) in [6.45, 7) is 0.218. The van der Waals surface area contributed by atoms with Crippen LogP contribution in [0.15, 0.2) is 69.5 Å². The van der Waals surface area contributed by atoms with E-state index in [0.29, 0.717) is 5.56 Å². The van der Waals surface area contributed by atoms with E-state index >= 15 is 0 Å². The minimum Gasteiger partial charge on any atom is -0.460 e. The minimum atomic E-state index is -2.04. The van der Waals surface area contributed by atoms with Gasteiger partial charge in [-0.05, 0) is 17.7 Å². The molecule has 32 heavy (non-hydrogen) atoms. The van der Waals surface area contributed by atoms with E-state index in [9.17, 15) is 4.79 Å². The van der Waals surface area contributed by atoms with Crippen LogP contribution in [-0.2, 0) is 16.1 Å². The highest BCUT2D eigenvalue weighted by Crippen LogP contribution is 2.29. The second-order valence-corrected chi connectivity index (χ2v) is 11.7. The van der Waals surface area contributed by atoms with E-state index in [0.717, 1.165) is 16.7 Å². The third-order valence-electron chi connectivity index (χ3n) is 3.53. The lowest BCUT2D eigenvalue weighted by Gasteiger charge is -2.10. The molecule has 2 aromatic rings. The molecule has 0 aliphatic carbocycles. The summed E-state index contributed by atoms with van der Waals surface area (Å²) in [7, 11) is 0. The molecule has 0 aliphatic heterocycles. The molecule has 5 nitrogen and oxygen atoms in total. The van der Waals surface area contributed by atoms with Gasteiger partial charge in [-0.2, -0.15) is 0 Å². The van der Waals surface area contributed by atoms with Gasteiger partial charge in [-0.25, -0.2) is 9.98 Å². The largest absolute Gasteiger partial charge is 0.460 e. The molecule has 0 unspecified atom stereocenters. The van der Waals surface area contributed by atoms with Crippen molar-refractivity contribution in [3.8, 4) is 0 Å². The number of esters is 1. The predicted octanol–water partition coefficient (Wildman–Crippen LogP) is 7.06. The number of hydrogen-bond acceptors (Lipinski definition) is 4. The van der Waals surface area contributed by atoms with Crippen molar-refractivity contribution in [2.45, 2.75) is 19.1 Å². The Morgan fingerprint density at radius 2 is 1.62 bits per heavy atom. The fourth-order valence-electron chi connectivity index (χ4n) is 2.09. The Morgan fingerprint density at radius 3 is 2.19 bits per heavy atom. The molecular formula is C20H15Cl6N3O2S. The van der Waals surface area contributed by atoms with Gasteiger partial charge < -0.3 is 4.74 Å². The van der Waals surface area contributed by atoms with E-state index < -0.39 is 13.4 Å². The summed E-state index contributed by atoms with van der Waals surface area (Å²) in [6, 6.07) is 16.2. The van der Waals surface area contributed by atoms with Crippen molar-refractivity contribution in [3.63, 3.8) is 0 Å². The van der Waals surface area contributed by atoms with Crippen molar-refractivity contribution in [3.05, 3.63) is 65.7 Å². The molecule has 0 saturated heterocycles. The average molecular weight is 574 g/mol. The zero-order valence-electron chi connectivity index (χ0n) is 16.1. The summed E-state index contributed by atoms with van der Waals surface area (Å²) in [5, 5.41) is 7.80. The first kappa shape index (κ1) is 27.3. The summed E-state index contributed by atoms with van der Waals surface area (Å²) < 4.78 is 1.43. The van der Waals surface area contributed by atoms with Crippen molar-refractivity contribution in [1.29, 1.82) is 5.41 Å². The fourth-order valence-corrected chi connectivity index (χ4v) is 3.06. The molecule has 2 aromatic carbocycles. The molecule has 2 rings (SSSR count). The highest BCUT2D eigenvalue weighted by atomic mass is 35.6. The number of halogens is 6. The number of hydrogen-bond donors (Lipinski definition) is 1. The van der Waals surface area contributed by atoms with Crippen LogP contribution >= 0.6 is 81.4 Å². The highest BCUT2D eigenvalue weighted by molar-refractivity contribution is 8.00. The first-order chi connectivity index (χ1) is 14.9. The molecule has 0 radical (unpaired) electrons. The Bertz CT molecular complexity index is 987. The number of thioether (sulfide) groups is 1. The van der Waals surface area contributed by atoms with Gasteiger partial charge in [-0.1, -0.05) is 112 Å². The zero-order chi connectivity index (χ0) is 23.8. The van der Waals surface area contributed by atoms with Gasteiger partial charge in [0.15, 0.2) is 11.7 Å². The maximum absolute atomic E-state index is 12.0. The Morgan fingerprint density at radius 1 is 1.00 bits per heavy atom. The lowest BCUT2D eigenvalue weighted by atomic mass is 10.2. The summed E-state index contributed by atoms with van der Waals surface area (Å²) in [4.78, 5) is 20.7. The van der Waals surface area contributed by atoms with Gasteiger partial charge in [0, 0.05) is 10.5 Å². The Kier molecular flexibility index (Phi) is 10.6. The second kappa shape index (κ2) is 12.5. The second-order valence-electron chi connectivity index (χ2n) is 6.04. The third-order valence-corrected chi connectivity index (χ3v) is 5.35. The average Bonchev–Trinajstić information content (AvgIpc) is 2.73. The first-order valence-corrected chi connectivity index (χ1v) is 12.0. The van der Waals surface area contributed by atoms with Crippen LogP contribution < -0.4 is 0 Å². The van der Waals surface area contributed by atoms with Crippen LogP contribution in [0.2, 0.25) is 0 Å². The lowest BCUT2D eigenvalue weighted by Crippen LogP contribution is -2.18. The van der Waals surface area contributed by atoms with Crippen LogP contribution in [0.4, 0.5) is 0 Å². The Balaban J connectivity index is 2.04. The quantitative estimate of drug-likeness (QED) is 0.132. The van der Waals surface area contributed by atoms with Crippen LogP contribution in [0, 0.1) is 5.41 Å². The van der Waals surface area contributed by atoms with Gasteiger partial charge in [-0.3, -0.25) is 10.2 Å². The van der Waals surface area contributed by atoms with Crippen molar-refractivity contribution >= 4 is 105 Å². The molecule has 0 atom stereocenters.